The van der Waals surface area contributed by atoms with Crippen LogP contribution in [-0.2, 0) is 11.2 Å². The highest BCUT2D eigenvalue weighted by Gasteiger charge is 2.07. The topological polar surface area (TPSA) is 26.3 Å². The molecule has 0 saturated carbocycles. The number of unbranched alkanes of at least 4 members (excludes halogenated alkanes) is 1. The maximum absolute atomic E-state index is 11.6. The predicted molar refractivity (Wildman–Crippen MR) is 93.5 cm³/mol. The lowest BCUT2D eigenvalue weighted by Gasteiger charge is -2.11. The maximum atomic E-state index is 11.6. The van der Waals surface area contributed by atoms with E-state index < -0.39 is 0 Å². The van der Waals surface area contributed by atoms with Crippen molar-refractivity contribution in [3.63, 3.8) is 0 Å². The van der Waals surface area contributed by atoms with Gasteiger partial charge in [0.05, 0.1) is 6.61 Å². The second-order valence-corrected chi connectivity index (χ2v) is 7.11. The van der Waals surface area contributed by atoms with Crippen LogP contribution in [0.4, 0.5) is 0 Å². The van der Waals surface area contributed by atoms with Crippen molar-refractivity contribution >= 4 is 20.3 Å². The van der Waals surface area contributed by atoms with Gasteiger partial charge in [-0.3, -0.25) is 4.79 Å². The minimum atomic E-state index is 0.163. The van der Waals surface area contributed by atoms with Crippen molar-refractivity contribution in [1.29, 1.82) is 0 Å². The number of carbonyl (C=O) groups is 1. The fraction of sp³-hybridized carbons (Fsp3) is 0.611. The van der Waals surface area contributed by atoms with Crippen molar-refractivity contribution in [2.75, 3.05) is 6.61 Å². The third-order valence-corrected chi connectivity index (χ3v) is 3.69. The fourth-order valence-corrected chi connectivity index (χ4v) is 2.47. The summed E-state index contributed by atoms with van der Waals surface area (Å²) >= 11 is 0. The van der Waals surface area contributed by atoms with Gasteiger partial charge >= 0.3 is 0 Å². The van der Waals surface area contributed by atoms with E-state index in [4.69, 9.17) is 4.74 Å². The molecule has 118 valence electrons. The molecule has 1 rings (SSSR count). The summed E-state index contributed by atoms with van der Waals surface area (Å²) in [6.45, 7) is 8.99. The number of hydrogen-bond donors (Lipinski definition) is 0. The Labute approximate surface area is 131 Å². The van der Waals surface area contributed by atoms with Crippen LogP contribution in [0.25, 0.3) is 0 Å². The Bertz CT molecular complexity index is 453. The summed E-state index contributed by atoms with van der Waals surface area (Å²) in [7, 11) is 2.74. The number of aryl methyl sites for hydroxylation is 1. The predicted octanol–water partition coefficient (Wildman–Crippen LogP) is 4.16. The quantitative estimate of drug-likeness (QED) is 0.506. The lowest BCUT2D eigenvalue weighted by atomic mass is 10.0. The van der Waals surface area contributed by atoms with E-state index in [9.17, 15) is 4.79 Å². The Morgan fingerprint density at radius 3 is 2.48 bits per heavy atom. The molecule has 0 amide bonds. The number of ether oxygens (including phenoxy) is 1. The normalized spacial score (nSPS) is 11.2. The van der Waals surface area contributed by atoms with Crippen molar-refractivity contribution < 1.29 is 9.53 Å². The SMILES string of the molecule is CC(C)COc1cc(P)cc(CCCCC(=O)C(C)C)c1. The Hall–Kier alpha value is -0.880. The van der Waals surface area contributed by atoms with Crippen LogP contribution in [0.15, 0.2) is 18.2 Å². The molecule has 1 aromatic rings. The van der Waals surface area contributed by atoms with Crippen molar-refractivity contribution in [2.45, 2.75) is 53.4 Å². The Kier molecular flexibility index (Phi) is 7.96. The average molecular weight is 308 g/mol. The van der Waals surface area contributed by atoms with Gasteiger partial charge in [0.25, 0.3) is 0 Å². The molecule has 1 aromatic carbocycles. The summed E-state index contributed by atoms with van der Waals surface area (Å²) in [6, 6.07) is 6.36. The van der Waals surface area contributed by atoms with Gasteiger partial charge in [-0.05, 0) is 48.2 Å². The zero-order valence-electron chi connectivity index (χ0n) is 13.8. The zero-order chi connectivity index (χ0) is 15.8. The molecular weight excluding hydrogens is 279 g/mol. The standard InChI is InChI=1S/C18H29O2P/c1-13(2)12-20-16-9-15(10-17(21)11-16)7-5-6-8-18(19)14(3)4/h9-11,13-14H,5-8,12,21H2,1-4H3. The van der Waals surface area contributed by atoms with Crippen molar-refractivity contribution in [2.24, 2.45) is 11.8 Å². The van der Waals surface area contributed by atoms with Crippen LogP contribution in [0, 0.1) is 11.8 Å². The van der Waals surface area contributed by atoms with Gasteiger partial charge in [-0.25, -0.2) is 0 Å². The van der Waals surface area contributed by atoms with E-state index in [0.717, 1.165) is 36.9 Å². The smallest absolute Gasteiger partial charge is 0.135 e. The van der Waals surface area contributed by atoms with Crippen LogP contribution >= 0.6 is 9.24 Å². The van der Waals surface area contributed by atoms with Gasteiger partial charge in [-0.1, -0.05) is 33.8 Å². The second-order valence-electron chi connectivity index (χ2n) is 6.44. The number of hydrogen-bond acceptors (Lipinski definition) is 2. The van der Waals surface area contributed by atoms with Crippen LogP contribution in [-0.4, -0.2) is 12.4 Å². The summed E-state index contributed by atoms with van der Waals surface area (Å²) in [4.78, 5) is 11.6. The van der Waals surface area contributed by atoms with E-state index in [0.29, 0.717) is 18.1 Å². The third-order valence-electron chi connectivity index (χ3n) is 3.35. The number of carbonyl (C=O) groups excluding carboxylic acids is 1. The monoisotopic (exact) mass is 308 g/mol. The highest BCUT2D eigenvalue weighted by atomic mass is 31.0. The van der Waals surface area contributed by atoms with E-state index in [1.54, 1.807) is 0 Å². The summed E-state index contributed by atoms with van der Waals surface area (Å²) in [5.74, 6) is 2.01. The number of Topliss-reactive ketones (excluding diaryl/α,β-unsaturated/α-hetero) is 1. The van der Waals surface area contributed by atoms with E-state index in [2.05, 4.69) is 41.3 Å². The first-order chi connectivity index (χ1) is 9.88. The molecule has 1 atom stereocenters. The second kappa shape index (κ2) is 9.20. The molecule has 0 aromatic heterocycles. The van der Waals surface area contributed by atoms with E-state index >= 15 is 0 Å². The minimum absolute atomic E-state index is 0.163. The first kappa shape index (κ1) is 18.2. The molecule has 0 spiro atoms. The summed E-state index contributed by atoms with van der Waals surface area (Å²) < 4.78 is 5.80. The first-order valence-corrected chi connectivity index (χ1v) is 8.51. The third kappa shape index (κ3) is 7.62. The minimum Gasteiger partial charge on any atom is -0.493 e. The van der Waals surface area contributed by atoms with Crippen LogP contribution in [0.2, 0.25) is 0 Å². The van der Waals surface area contributed by atoms with Crippen LogP contribution in [0.1, 0.15) is 52.5 Å². The van der Waals surface area contributed by atoms with Gasteiger partial charge < -0.3 is 4.74 Å². The Morgan fingerprint density at radius 1 is 1.14 bits per heavy atom. The van der Waals surface area contributed by atoms with E-state index in [1.807, 2.05) is 13.8 Å². The highest BCUT2D eigenvalue weighted by molar-refractivity contribution is 7.27. The van der Waals surface area contributed by atoms with Gasteiger partial charge in [0.2, 0.25) is 0 Å². The molecule has 1 unspecified atom stereocenters. The fourth-order valence-electron chi connectivity index (χ4n) is 2.09. The molecule has 0 aliphatic rings. The largest absolute Gasteiger partial charge is 0.493 e. The molecule has 0 aliphatic heterocycles. The first-order valence-electron chi connectivity index (χ1n) is 7.93. The molecular formula is C18H29O2P. The Balaban J connectivity index is 2.45. The van der Waals surface area contributed by atoms with Crippen molar-refractivity contribution in [1.82, 2.24) is 0 Å². The summed E-state index contributed by atoms with van der Waals surface area (Å²) in [6.07, 6.45) is 3.73. The van der Waals surface area contributed by atoms with Gasteiger partial charge in [-0.15, -0.1) is 9.24 Å². The van der Waals surface area contributed by atoms with E-state index in [-0.39, 0.29) is 5.92 Å². The highest BCUT2D eigenvalue weighted by Crippen LogP contribution is 2.17. The van der Waals surface area contributed by atoms with E-state index in [1.165, 1.54) is 5.56 Å². The molecule has 0 fully saturated rings. The summed E-state index contributed by atoms with van der Waals surface area (Å²) in [5, 5.41) is 1.16. The van der Waals surface area contributed by atoms with Crippen LogP contribution < -0.4 is 10.0 Å². The molecule has 0 radical (unpaired) electrons. The molecule has 21 heavy (non-hydrogen) atoms. The number of benzene rings is 1. The zero-order valence-corrected chi connectivity index (χ0v) is 15.0. The Morgan fingerprint density at radius 2 is 1.86 bits per heavy atom. The molecule has 0 aliphatic carbocycles. The molecule has 0 saturated heterocycles. The van der Waals surface area contributed by atoms with Crippen molar-refractivity contribution in [3.05, 3.63) is 23.8 Å². The van der Waals surface area contributed by atoms with Gasteiger partial charge in [0, 0.05) is 12.3 Å². The molecule has 0 heterocycles. The average Bonchev–Trinajstić information content (AvgIpc) is 2.40. The molecule has 2 nitrogen and oxygen atoms in total. The molecule has 0 N–H and O–H groups in total. The number of ketones is 1. The molecule has 0 bridgehead atoms. The lowest BCUT2D eigenvalue weighted by Crippen LogP contribution is -2.07. The van der Waals surface area contributed by atoms with Gasteiger partial charge in [0.1, 0.15) is 11.5 Å². The number of rotatable bonds is 9. The maximum Gasteiger partial charge on any atom is 0.135 e. The van der Waals surface area contributed by atoms with Gasteiger partial charge in [0.15, 0.2) is 0 Å². The lowest BCUT2D eigenvalue weighted by molar-refractivity contribution is -0.122. The van der Waals surface area contributed by atoms with Crippen molar-refractivity contribution in [3.8, 4) is 5.75 Å². The molecule has 3 heteroatoms. The summed E-state index contributed by atoms with van der Waals surface area (Å²) in [5.41, 5.74) is 1.29. The van der Waals surface area contributed by atoms with Gasteiger partial charge in [-0.2, -0.15) is 0 Å². The van der Waals surface area contributed by atoms with Crippen LogP contribution in [0.5, 0.6) is 5.75 Å². The van der Waals surface area contributed by atoms with Crippen LogP contribution in [0.3, 0.4) is 0 Å².